The summed E-state index contributed by atoms with van der Waals surface area (Å²) in [5.41, 5.74) is 9.49. The number of hydrogen-bond donors (Lipinski definition) is 0. The van der Waals surface area contributed by atoms with Gasteiger partial charge >= 0.3 is 0 Å². The van der Waals surface area contributed by atoms with Gasteiger partial charge in [-0.15, -0.1) is 0 Å². The number of ether oxygens (including phenoxy) is 1. The molecule has 0 unspecified atom stereocenters. The molecule has 7 rings (SSSR count). The Morgan fingerprint density at radius 1 is 0.800 bits per heavy atom. The van der Waals surface area contributed by atoms with Crippen molar-refractivity contribution >= 4 is 21.8 Å². The maximum absolute atomic E-state index is 6.50. The first kappa shape index (κ1) is 28.6. The van der Waals surface area contributed by atoms with E-state index in [1.54, 1.807) is 0 Å². The van der Waals surface area contributed by atoms with Crippen molar-refractivity contribution in [2.45, 2.75) is 52.9 Å². The zero-order valence-electron chi connectivity index (χ0n) is 26.4. The fraction of sp³-hybridized carbons (Fsp3) is 0.200. The molecule has 3 aromatic heterocycles. The van der Waals surface area contributed by atoms with Gasteiger partial charge in [0.15, 0.2) is 0 Å². The first-order valence-electron chi connectivity index (χ1n) is 15.9. The molecule has 5 heteroatoms. The normalized spacial score (nSPS) is 11.6. The van der Waals surface area contributed by atoms with Crippen molar-refractivity contribution < 1.29 is 4.74 Å². The topological polar surface area (TPSA) is 44.9 Å². The van der Waals surface area contributed by atoms with Gasteiger partial charge in [0.2, 0.25) is 0 Å². The van der Waals surface area contributed by atoms with E-state index >= 15 is 0 Å². The first-order valence-corrected chi connectivity index (χ1v) is 15.9. The number of nitrogens with zero attached hydrogens (tertiary/aromatic N) is 4. The number of para-hydroxylation sites is 1. The van der Waals surface area contributed by atoms with E-state index in [1.807, 2.05) is 41.3 Å². The van der Waals surface area contributed by atoms with Crippen LogP contribution in [0.15, 0.2) is 116 Å². The summed E-state index contributed by atoms with van der Waals surface area (Å²) in [5, 5.41) is 7.12. The van der Waals surface area contributed by atoms with Gasteiger partial charge in [0.1, 0.15) is 17.3 Å². The lowest BCUT2D eigenvalue weighted by atomic mass is 9.94. The van der Waals surface area contributed by atoms with Gasteiger partial charge in [0.05, 0.1) is 22.9 Å². The number of rotatable bonds is 9. The molecule has 0 radical (unpaired) electrons. The summed E-state index contributed by atoms with van der Waals surface area (Å²) in [6.45, 7) is 8.85. The van der Waals surface area contributed by atoms with Gasteiger partial charge in [-0.05, 0) is 90.4 Å². The summed E-state index contributed by atoms with van der Waals surface area (Å²) >= 11 is 0. The Kier molecular flexibility index (Phi) is 7.68. The molecule has 0 bridgehead atoms. The maximum atomic E-state index is 6.50. The molecule has 0 aliphatic rings. The number of unbranched alkanes of at least 4 members (excludes halogenated alkanes) is 1. The molecule has 4 aromatic carbocycles. The molecule has 0 fully saturated rings. The molecule has 45 heavy (non-hydrogen) atoms. The predicted molar refractivity (Wildman–Crippen MR) is 185 cm³/mol. The highest BCUT2D eigenvalue weighted by molar-refractivity contribution is 6.09. The van der Waals surface area contributed by atoms with E-state index in [-0.39, 0.29) is 0 Å². The van der Waals surface area contributed by atoms with Crippen LogP contribution in [0.4, 0.5) is 0 Å². The summed E-state index contributed by atoms with van der Waals surface area (Å²) in [4.78, 5) is 4.78. The molecule has 0 N–H and O–H groups in total. The van der Waals surface area contributed by atoms with Gasteiger partial charge in [0.25, 0.3) is 0 Å². The van der Waals surface area contributed by atoms with E-state index in [0.717, 1.165) is 46.0 Å². The Hall–Kier alpha value is -5.16. The van der Waals surface area contributed by atoms with E-state index in [2.05, 4.69) is 111 Å². The molecule has 7 aromatic rings. The van der Waals surface area contributed by atoms with Crippen molar-refractivity contribution in [3.8, 4) is 34.1 Å². The minimum Gasteiger partial charge on any atom is -0.457 e. The van der Waals surface area contributed by atoms with Gasteiger partial charge in [0, 0.05) is 40.9 Å². The van der Waals surface area contributed by atoms with Crippen molar-refractivity contribution in [2.24, 2.45) is 0 Å². The lowest BCUT2D eigenvalue weighted by Crippen LogP contribution is -1.99. The number of aromatic nitrogens is 4. The molecule has 0 saturated carbocycles. The molecule has 0 spiro atoms. The average molecular weight is 591 g/mol. The van der Waals surface area contributed by atoms with Crippen LogP contribution in [0.1, 0.15) is 56.2 Å². The van der Waals surface area contributed by atoms with Crippen molar-refractivity contribution in [2.75, 3.05) is 0 Å². The van der Waals surface area contributed by atoms with Crippen molar-refractivity contribution in [1.29, 1.82) is 0 Å². The van der Waals surface area contributed by atoms with Crippen LogP contribution < -0.4 is 4.74 Å². The van der Waals surface area contributed by atoms with E-state index < -0.39 is 0 Å². The molecule has 5 nitrogen and oxygen atoms in total. The fourth-order valence-corrected chi connectivity index (χ4v) is 6.31. The zero-order chi connectivity index (χ0) is 30.9. The summed E-state index contributed by atoms with van der Waals surface area (Å²) < 4.78 is 10.7. The average Bonchev–Trinajstić information content (AvgIpc) is 3.67. The summed E-state index contributed by atoms with van der Waals surface area (Å²) in [7, 11) is 0. The molecule has 224 valence electrons. The Morgan fingerprint density at radius 2 is 1.62 bits per heavy atom. The number of benzene rings is 4. The van der Waals surface area contributed by atoms with Gasteiger partial charge in [-0.3, -0.25) is 4.57 Å². The lowest BCUT2D eigenvalue weighted by molar-refractivity contribution is 0.483. The Balaban J connectivity index is 1.23. The van der Waals surface area contributed by atoms with E-state index in [0.29, 0.717) is 5.92 Å². The Morgan fingerprint density at radius 3 is 2.49 bits per heavy atom. The molecule has 0 saturated heterocycles. The van der Waals surface area contributed by atoms with Crippen LogP contribution >= 0.6 is 0 Å². The van der Waals surface area contributed by atoms with Crippen molar-refractivity contribution in [1.82, 2.24) is 19.3 Å². The smallest absolute Gasteiger partial charge is 0.137 e. The van der Waals surface area contributed by atoms with Crippen LogP contribution in [0.3, 0.4) is 0 Å². The molecular formula is C40H38N4O. The highest BCUT2D eigenvalue weighted by Gasteiger charge is 2.16. The number of fused-ring (bicyclic) bond motifs is 3. The lowest BCUT2D eigenvalue weighted by Gasteiger charge is -2.12. The van der Waals surface area contributed by atoms with Crippen LogP contribution in [-0.4, -0.2) is 19.3 Å². The summed E-state index contributed by atoms with van der Waals surface area (Å²) in [6, 6.07) is 33.8. The second-order valence-electron chi connectivity index (χ2n) is 12.1. The summed E-state index contributed by atoms with van der Waals surface area (Å²) in [6.07, 6.45) is 9.43. The van der Waals surface area contributed by atoms with Crippen LogP contribution in [0.25, 0.3) is 44.4 Å². The predicted octanol–water partition coefficient (Wildman–Crippen LogP) is 10.6. The molecule has 0 aliphatic heterocycles. The maximum Gasteiger partial charge on any atom is 0.137 e. The van der Waals surface area contributed by atoms with Gasteiger partial charge in [-0.2, -0.15) is 5.10 Å². The highest BCUT2D eigenvalue weighted by Crippen LogP contribution is 2.36. The van der Waals surface area contributed by atoms with E-state index in [9.17, 15) is 0 Å². The summed E-state index contributed by atoms with van der Waals surface area (Å²) in [5.74, 6) is 2.85. The zero-order valence-corrected chi connectivity index (χ0v) is 26.4. The molecular weight excluding hydrogens is 552 g/mol. The van der Waals surface area contributed by atoms with E-state index in [4.69, 9.17) is 14.8 Å². The fourth-order valence-electron chi connectivity index (χ4n) is 6.31. The second-order valence-corrected chi connectivity index (χ2v) is 12.1. The molecule has 3 heterocycles. The van der Waals surface area contributed by atoms with Crippen molar-refractivity contribution in [3.05, 3.63) is 132 Å². The molecule has 0 aliphatic carbocycles. The van der Waals surface area contributed by atoms with Crippen LogP contribution in [0.2, 0.25) is 0 Å². The van der Waals surface area contributed by atoms with Gasteiger partial charge in [-0.25, -0.2) is 9.67 Å². The Labute approximate surface area is 264 Å². The first-order chi connectivity index (χ1) is 22.0. The number of hydrogen-bond acceptors (Lipinski definition) is 3. The van der Waals surface area contributed by atoms with Crippen LogP contribution in [0, 0.1) is 6.92 Å². The van der Waals surface area contributed by atoms with Crippen molar-refractivity contribution in [3.63, 3.8) is 0 Å². The third-order valence-corrected chi connectivity index (χ3v) is 8.66. The minimum atomic E-state index is 0.414. The highest BCUT2D eigenvalue weighted by atomic mass is 16.5. The number of pyridine rings is 1. The third-order valence-electron chi connectivity index (χ3n) is 8.66. The minimum absolute atomic E-state index is 0.414. The third kappa shape index (κ3) is 5.51. The monoisotopic (exact) mass is 590 g/mol. The van der Waals surface area contributed by atoms with E-state index in [1.165, 1.54) is 45.9 Å². The molecule has 0 atom stereocenters. The SMILES string of the molecule is CCCCc1cccc(C)c1-c1cnn(-c2cccc(Oc3ccc4c5ccccc5n(-c5cc(C(C)C)ccn5)c4c3)c2)c1. The molecule has 0 amide bonds. The standard InChI is InChI=1S/C40H38N4O/c1-5-6-12-29-13-9-11-28(4)40(29)31-25-42-43(26-31)32-14-10-15-33(23-32)45-34-18-19-36-35-16-7-8-17-37(35)44(38(36)24-34)39-22-30(27(2)3)20-21-41-39/h7-11,13-27H,5-6,12H2,1-4H3. The van der Waals surface area contributed by atoms with Crippen LogP contribution in [0.5, 0.6) is 11.5 Å². The number of aryl methyl sites for hydroxylation is 2. The van der Waals surface area contributed by atoms with Gasteiger partial charge in [-0.1, -0.05) is 69.7 Å². The quantitative estimate of drug-likeness (QED) is 0.168. The Bertz CT molecular complexity index is 2130. The largest absolute Gasteiger partial charge is 0.457 e. The van der Waals surface area contributed by atoms with Crippen LogP contribution in [-0.2, 0) is 6.42 Å². The van der Waals surface area contributed by atoms with Gasteiger partial charge < -0.3 is 4.74 Å². The second kappa shape index (κ2) is 12.1.